The first-order chi connectivity index (χ1) is 13.3. The van der Waals surface area contributed by atoms with Crippen LogP contribution in [0.5, 0.6) is 0 Å². The van der Waals surface area contributed by atoms with Crippen LogP contribution in [0.15, 0.2) is 60.8 Å². The average Bonchev–Trinajstić information content (AvgIpc) is 2.70. The van der Waals surface area contributed by atoms with Crippen LogP contribution in [-0.2, 0) is 6.42 Å². The Morgan fingerprint density at radius 3 is 2.52 bits per heavy atom. The van der Waals surface area contributed by atoms with Gasteiger partial charge in [-0.05, 0) is 68.5 Å². The van der Waals surface area contributed by atoms with Crippen molar-refractivity contribution in [3.63, 3.8) is 0 Å². The molecule has 2 aromatic carbocycles. The van der Waals surface area contributed by atoms with Crippen molar-refractivity contribution >= 4 is 28.2 Å². The molecule has 0 radical (unpaired) electrons. The van der Waals surface area contributed by atoms with Crippen LogP contribution in [0.25, 0.3) is 10.9 Å². The van der Waals surface area contributed by atoms with Crippen LogP contribution in [0.2, 0.25) is 5.02 Å². The Hall–Kier alpha value is -2.10. The van der Waals surface area contributed by atoms with Crippen LogP contribution >= 0.6 is 11.6 Å². The first kappa shape index (κ1) is 18.3. The Bertz CT molecular complexity index is 873. The highest BCUT2D eigenvalue weighted by molar-refractivity contribution is 6.31. The summed E-state index contributed by atoms with van der Waals surface area (Å²) in [7, 11) is 0. The summed E-state index contributed by atoms with van der Waals surface area (Å²) in [6.07, 6.45) is 7.80. The monoisotopic (exact) mass is 379 g/mol. The SMILES string of the molecule is Clc1ccc2c(NC3CCC(NCCc4ccccc4)CC3)ccnc2c1. The number of aromatic nitrogens is 1. The molecule has 0 aliphatic heterocycles. The molecule has 2 N–H and O–H groups in total. The van der Waals surface area contributed by atoms with Crippen LogP contribution in [0, 0.1) is 0 Å². The summed E-state index contributed by atoms with van der Waals surface area (Å²) >= 11 is 6.09. The van der Waals surface area contributed by atoms with E-state index in [9.17, 15) is 0 Å². The third kappa shape index (κ3) is 4.79. The third-order valence-corrected chi connectivity index (χ3v) is 5.72. The van der Waals surface area contributed by atoms with Crippen LogP contribution in [0.4, 0.5) is 5.69 Å². The molecule has 0 unspecified atom stereocenters. The number of rotatable bonds is 6. The molecule has 0 amide bonds. The van der Waals surface area contributed by atoms with E-state index < -0.39 is 0 Å². The van der Waals surface area contributed by atoms with E-state index in [0.717, 1.165) is 34.6 Å². The van der Waals surface area contributed by atoms with Gasteiger partial charge in [-0.15, -0.1) is 0 Å². The number of anilines is 1. The average molecular weight is 380 g/mol. The number of benzene rings is 2. The van der Waals surface area contributed by atoms with Gasteiger partial charge >= 0.3 is 0 Å². The van der Waals surface area contributed by atoms with Crippen molar-refractivity contribution in [3.05, 3.63) is 71.4 Å². The predicted octanol–water partition coefficient (Wildman–Crippen LogP) is 5.44. The topological polar surface area (TPSA) is 37.0 Å². The zero-order chi connectivity index (χ0) is 18.5. The maximum Gasteiger partial charge on any atom is 0.0737 e. The summed E-state index contributed by atoms with van der Waals surface area (Å²) in [5, 5.41) is 9.35. The minimum absolute atomic E-state index is 0.526. The molecule has 0 bridgehead atoms. The third-order valence-electron chi connectivity index (χ3n) is 5.48. The standard InChI is InChI=1S/C23H26ClN3/c24-18-6-11-21-22(13-15-26-23(21)16-18)27-20-9-7-19(8-10-20)25-14-12-17-4-2-1-3-5-17/h1-6,11,13,15-16,19-20,25H,7-10,12,14H2,(H,26,27). The van der Waals surface area contributed by atoms with E-state index in [1.807, 2.05) is 18.3 Å². The van der Waals surface area contributed by atoms with Crippen molar-refractivity contribution in [1.29, 1.82) is 0 Å². The molecule has 1 saturated carbocycles. The molecule has 0 spiro atoms. The number of pyridine rings is 1. The number of nitrogens with one attached hydrogen (secondary N) is 2. The summed E-state index contributed by atoms with van der Waals surface area (Å²) in [4.78, 5) is 4.43. The van der Waals surface area contributed by atoms with Gasteiger partial charge in [-0.25, -0.2) is 0 Å². The summed E-state index contributed by atoms with van der Waals surface area (Å²) < 4.78 is 0. The number of hydrogen-bond acceptors (Lipinski definition) is 3. The Kier molecular flexibility index (Phi) is 5.90. The van der Waals surface area contributed by atoms with Gasteiger partial charge in [0.2, 0.25) is 0 Å². The molecular weight excluding hydrogens is 354 g/mol. The van der Waals surface area contributed by atoms with Crippen LogP contribution < -0.4 is 10.6 Å². The molecule has 3 nitrogen and oxygen atoms in total. The second-order valence-electron chi connectivity index (χ2n) is 7.40. The zero-order valence-corrected chi connectivity index (χ0v) is 16.3. The van der Waals surface area contributed by atoms with Crippen LogP contribution in [-0.4, -0.2) is 23.6 Å². The van der Waals surface area contributed by atoms with Crippen molar-refractivity contribution in [3.8, 4) is 0 Å². The molecule has 1 aliphatic carbocycles. The summed E-state index contributed by atoms with van der Waals surface area (Å²) in [6, 6.07) is 19.9. The molecule has 0 atom stereocenters. The minimum Gasteiger partial charge on any atom is -0.382 e. The fraction of sp³-hybridized carbons (Fsp3) is 0.348. The highest BCUT2D eigenvalue weighted by Gasteiger charge is 2.21. The first-order valence-corrected chi connectivity index (χ1v) is 10.2. The maximum absolute atomic E-state index is 6.09. The predicted molar refractivity (Wildman–Crippen MR) is 115 cm³/mol. The Morgan fingerprint density at radius 1 is 0.926 bits per heavy atom. The van der Waals surface area contributed by atoms with Gasteiger partial charge < -0.3 is 10.6 Å². The lowest BCUT2D eigenvalue weighted by Crippen LogP contribution is -2.37. The van der Waals surface area contributed by atoms with Gasteiger partial charge in [-0.1, -0.05) is 41.9 Å². The van der Waals surface area contributed by atoms with E-state index >= 15 is 0 Å². The quantitative estimate of drug-likeness (QED) is 0.598. The number of nitrogens with zero attached hydrogens (tertiary/aromatic N) is 1. The largest absolute Gasteiger partial charge is 0.382 e. The number of halogens is 1. The number of fused-ring (bicyclic) bond motifs is 1. The Labute approximate surface area is 166 Å². The Morgan fingerprint density at radius 2 is 1.70 bits per heavy atom. The van der Waals surface area contributed by atoms with Gasteiger partial charge in [0.15, 0.2) is 0 Å². The van der Waals surface area contributed by atoms with Crippen molar-refractivity contribution in [2.75, 3.05) is 11.9 Å². The smallest absolute Gasteiger partial charge is 0.0737 e. The van der Waals surface area contributed by atoms with Crippen LogP contribution in [0.1, 0.15) is 31.2 Å². The summed E-state index contributed by atoms with van der Waals surface area (Å²) in [5.41, 5.74) is 3.52. The van der Waals surface area contributed by atoms with Gasteiger partial charge in [-0.2, -0.15) is 0 Å². The molecule has 1 heterocycles. The van der Waals surface area contributed by atoms with E-state index in [4.69, 9.17) is 11.6 Å². The zero-order valence-electron chi connectivity index (χ0n) is 15.5. The maximum atomic E-state index is 6.09. The molecule has 27 heavy (non-hydrogen) atoms. The molecule has 1 aliphatic rings. The molecule has 4 heteroatoms. The van der Waals surface area contributed by atoms with Crippen molar-refractivity contribution in [2.24, 2.45) is 0 Å². The lowest BCUT2D eigenvalue weighted by Gasteiger charge is -2.30. The molecular formula is C23H26ClN3. The highest BCUT2D eigenvalue weighted by Crippen LogP contribution is 2.28. The van der Waals surface area contributed by atoms with Crippen molar-refractivity contribution in [1.82, 2.24) is 10.3 Å². The van der Waals surface area contributed by atoms with Gasteiger partial charge in [-0.3, -0.25) is 4.98 Å². The second-order valence-corrected chi connectivity index (χ2v) is 7.84. The highest BCUT2D eigenvalue weighted by atomic mass is 35.5. The molecule has 1 aromatic heterocycles. The first-order valence-electron chi connectivity index (χ1n) is 9.86. The Balaban J connectivity index is 1.27. The lowest BCUT2D eigenvalue weighted by molar-refractivity contribution is 0.356. The fourth-order valence-corrected chi connectivity index (χ4v) is 4.14. The minimum atomic E-state index is 0.526. The lowest BCUT2D eigenvalue weighted by atomic mass is 9.90. The van der Waals surface area contributed by atoms with E-state index in [0.29, 0.717) is 12.1 Å². The second kappa shape index (κ2) is 8.73. The van der Waals surface area contributed by atoms with Gasteiger partial charge in [0.1, 0.15) is 0 Å². The number of hydrogen-bond donors (Lipinski definition) is 2. The molecule has 3 aromatic rings. The summed E-state index contributed by atoms with van der Waals surface area (Å²) in [5.74, 6) is 0. The van der Waals surface area contributed by atoms with Crippen molar-refractivity contribution < 1.29 is 0 Å². The molecule has 4 rings (SSSR count). The van der Waals surface area contributed by atoms with Gasteiger partial charge in [0.25, 0.3) is 0 Å². The molecule has 1 fully saturated rings. The van der Waals surface area contributed by atoms with Gasteiger partial charge in [0.05, 0.1) is 5.52 Å². The van der Waals surface area contributed by atoms with Crippen LogP contribution in [0.3, 0.4) is 0 Å². The van der Waals surface area contributed by atoms with E-state index in [2.05, 4.69) is 58.1 Å². The van der Waals surface area contributed by atoms with E-state index in [1.165, 1.54) is 31.2 Å². The fourth-order valence-electron chi connectivity index (χ4n) is 3.97. The van der Waals surface area contributed by atoms with Gasteiger partial charge in [0, 0.05) is 34.4 Å². The van der Waals surface area contributed by atoms with E-state index in [1.54, 1.807) is 0 Å². The molecule has 0 saturated heterocycles. The normalized spacial score (nSPS) is 19.9. The molecule has 140 valence electrons. The van der Waals surface area contributed by atoms with Crippen molar-refractivity contribution in [2.45, 2.75) is 44.2 Å². The summed E-state index contributed by atoms with van der Waals surface area (Å²) in [6.45, 7) is 1.06. The van der Waals surface area contributed by atoms with E-state index in [-0.39, 0.29) is 0 Å².